The molecule has 0 spiro atoms. The van der Waals surface area contributed by atoms with Crippen LogP contribution in [0.1, 0.15) is 43.2 Å². The Kier molecular flexibility index (Phi) is 7.17. The van der Waals surface area contributed by atoms with Crippen LogP contribution in [0.25, 0.3) is 11.1 Å². The lowest BCUT2D eigenvalue weighted by molar-refractivity contribution is -0.148. The molecule has 3 N–H and O–H groups in total. The Bertz CT molecular complexity index is 1030. The number of aliphatic carboxylic acids is 1. The normalized spacial score (nSPS) is 20.2. The Balaban J connectivity index is 1.33. The number of β-amino-alcohol motifs (C(OH)–C–C–N with tert-alkyl or cyclic N) is 1. The number of nitrogens with one attached hydrogen (secondary N) is 1. The van der Waals surface area contributed by atoms with E-state index in [1.165, 1.54) is 4.90 Å². The van der Waals surface area contributed by atoms with Crippen molar-refractivity contribution in [2.45, 2.75) is 44.2 Å². The molecule has 4 rings (SSSR count). The van der Waals surface area contributed by atoms with Crippen molar-refractivity contribution in [2.24, 2.45) is 5.92 Å². The largest absolute Gasteiger partial charge is 0.481 e. The highest BCUT2D eigenvalue weighted by molar-refractivity contribution is 5.80. The van der Waals surface area contributed by atoms with Crippen LogP contribution in [0.4, 0.5) is 4.79 Å². The van der Waals surface area contributed by atoms with Gasteiger partial charge in [0.05, 0.1) is 12.0 Å². The number of piperidine rings is 1. The molecule has 2 unspecified atom stereocenters. The first-order valence-electron chi connectivity index (χ1n) is 11.7. The lowest BCUT2D eigenvalue weighted by Gasteiger charge is -2.34. The van der Waals surface area contributed by atoms with Gasteiger partial charge in [-0.15, -0.1) is 0 Å². The molecule has 0 radical (unpaired) electrons. The molecule has 2 aromatic carbocycles. The predicted molar refractivity (Wildman–Crippen MR) is 125 cm³/mol. The van der Waals surface area contributed by atoms with Gasteiger partial charge in [-0.3, -0.25) is 9.59 Å². The Labute approximate surface area is 198 Å². The summed E-state index contributed by atoms with van der Waals surface area (Å²) in [6.07, 6.45) is -0.805. The molecule has 1 fully saturated rings. The Morgan fingerprint density at radius 2 is 1.68 bits per heavy atom. The van der Waals surface area contributed by atoms with Gasteiger partial charge in [-0.25, -0.2) is 4.79 Å². The molecule has 3 atom stereocenters. The Morgan fingerprint density at radius 3 is 2.26 bits per heavy atom. The van der Waals surface area contributed by atoms with Crippen molar-refractivity contribution in [3.8, 4) is 11.1 Å². The quantitative estimate of drug-likeness (QED) is 0.578. The fourth-order valence-electron chi connectivity index (χ4n) is 4.90. The van der Waals surface area contributed by atoms with E-state index >= 15 is 0 Å². The maximum Gasteiger partial charge on any atom is 0.407 e. The van der Waals surface area contributed by atoms with E-state index in [4.69, 9.17) is 4.74 Å². The minimum Gasteiger partial charge on any atom is -0.481 e. The first-order valence-corrected chi connectivity index (χ1v) is 11.7. The van der Waals surface area contributed by atoms with E-state index in [0.29, 0.717) is 6.42 Å². The molecular weight excluding hydrogens is 436 g/mol. The monoisotopic (exact) mass is 466 g/mol. The van der Waals surface area contributed by atoms with Crippen molar-refractivity contribution in [2.75, 3.05) is 19.7 Å². The third-order valence-corrected chi connectivity index (χ3v) is 6.71. The number of hydrogen-bond donors (Lipinski definition) is 3. The highest BCUT2D eigenvalue weighted by Crippen LogP contribution is 2.44. The van der Waals surface area contributed by atoms with Gasteiger partial charge in [0, 0.05) is 31.5 Å². The number of ether oxygens (including phenoxy) is 1. The molecule has 1 aliphatic carbocycles. The van der Waals surface area contributed by atoms with Crippen LogP contribution in [0.15, 0.2) is 48.5 Å². The molecule has 2 amide bonds. The number of carboxylic acid groups (broad SMARTS) is 1. The fourth-order valence-corrected chi connectivity index (χ4v) is 4.90. The number of carbonyl (C=O) groups is 3. The average Bonchev–Trinajstić information content (AvgIpc) is 3.15. The van der Waals surface area contributed by atoms with Crippen molar-refractivity contribution in [1.29, 1.82) is 0 Å². The first kappa shape index (κ1) is 23.8. The predicted octanol–water partition coefficient (Wildman–Crippen LogP) is 2.99. The average molecular weight is 467 g/mol. The van der Waals surface area contributed by atoms with E-state index in [1.54, 1.807) is 0 Å². The number of likely N-dealkylation sites (tertiary alicyclic amines) is 1. The van der Waals surface area contributed by atoms with Crippen molar-refractivity contribution in [3.05, 3.63) is 59.7 Å². The number of carboxylic acids is 1. The van der Waals surface area contributed by atoms with E-state index in [2.05, 4.69) is 17.4 Å². The van der Waals surface area contributed by atoms with Gasteiger partial charge in [0.15, 0.2) is 0 Å². The van der Waals surface area contributed by atoms with E-state index in [1.807, 2.05) is 43.3 Å². The molecular formula is C26H30N2O6. The van der Waals surface area contributed by atoms with E-state index in [-0.39, 0.29) is 44.4 Å². The number of benzene rings is 2. The number of carbonyl (C=O) groups excluding carboxylic acids is 2. The second-order valence-corrected chi connectivity index (χ2v) is 9.00. The van der Waals surface area contributed by atoms with Gasteiger partial charge in [0.1, 0.15) is 6.61 Å². The van der Waals surface area contributed by atoms with Crippen molar-refractivity contribution >= 4 is 18.0 Å². The van der Waals surface area contributed by atoms with Crippen LogP contribution in [0.5, 0.6) is 0 Å². The van der Waals surface area contributed by atoms with Crippen LogP contribution in [0, 0.1) is 5.92 Å². The standard InChI is InChI=1S/C26H30N2O6/c1-2-17(12-24(30)28-13-16(25(31)32)11-18(29)14-28)27-26(33)34-15-23-21-9-5-3-7-19(21)20-8-4-6-10-22(20)23/h3-10,16-18,23,29H,2,11-15H2,1H3,(H,27,33)(H,31,32)/t16?,17-,18?/m0/s1. The molecule has 0 aromatic heterocycles. The lowest BCUT2D eigenvalue weighted by Crippen LogP contribution is -2.50. The zero-order chi connectivity index (χ0) is 24.2. The van der Waals surface area contributed by atoms with Gasteiger partial charge in [-0.05, 0) is 35.1 Å². The number of hydrogen-bond acceptors (Lipinski definition) is 5. The number of aliphatic hydroxyl groups is 1. The zero-order valence-electron chi connectivity index (χ0n) is 19.1. The fraction of sp³-hybridized carbons (Fsp3) is 0.423. The van der Waals surface area contributed by atoms with Crippen LogP contribution in [-0.2, 0) is 14.3 Å². The van der Waals surface area contributed by atoms with E-state index in [0.717, 1.165) is 22.3 Å². The molecule has 180 valence electrons. The SMILES string of the molecule is CC[C@@H](CC(=O)N1CC(O)CC(C(=O)O)C1)NC(=O)OCC1c2ccccc2-c2ccccc21. The third-order valence-electron chi connectivity index (χ3n) is 6.71. The topological polar surface area (TPSA) is 116 Å². The van der Waals surface area contributed by atoms with Gasteiger partial charge in [0.2, 0.25) is 5.91 Å². The van der Waals surface area contributed by atoms with Crippen LogP contribution >= 0.6 is 0 Å². The van der Waals surface area contributed by atoms with Crippen molar-refractivity contribution in [3.63, 3.8) is 0 Å². The number of rotatable bonds is 7. The number of fused-ring (bicyclic) bond motifs is 3. The van der Waals surface area contributed by atoms with Crippen molar-refractivity contribution < 1.29 is 29.3 Å². The van der Waals surface area contributed by atoms with E-state index < -0.39 is 30.1 Å². The van der Waals surface area contributed by atoms with Gasteiger partial charge >= 0.3 is 12.1 Å². The van der Waals surface area contributed by atoms with Crippen LogP contribution < -0.4 is 5.32 Å². The maximum absolute atomic E-state index is 12.7. The van der Waals surface area contributed by atoms with E-state index in [9.17, 15) is 24.6 Å². The summed E-state index contributed by atoms with van der Waals surface area (Å²) in [6.45, 7) is 2.20. The highest BCUT2D eigenvalue weighted by atomic mass is 16.5. The molecule has 0 bridgehead atoms. The molecule has 2 aromatic rings. The summed E-state index contributed by atoms with van der Waals surface area (Å²) in [7, 11) is 0. The summed E-state index contributed by atoms with van der Waals surface area (Å²) in [6, 6.07) is 15.7. The zero-order valence-corrected chi connectivity index (χ0v) is 19.1. The summed E-state index contributed by atoms with van der Waals surface area (Å²) >= 11 is 0. The number of amides is 2. The molecule has 1 heterocycles. The smallest absolute Gasteiger partial charge is 0.407 e. The van der Waals surface area contributed by atoms with Crippen LogP contribution in [-0.4, -0.2) is 64.9 Å². The van der Waals surface area contributed by atoms with Gasteiger partial charge < -0.3 is 25.2 Å². The third kappa shape index (κ3) is 5.07. The Morgan fingerprint density at radius 1 is 1.06 bits per heavy atom. The molecule has 34 heavy (non-hydrogen) atoms. The minimum absolute atomic E-state index is 0.0136. The second-order valence-electron chi connectivity index (χ2n) is 9.00. The summed E-state index contributed by atoms with van der Waals surface area (Å²) in [5.74, 6) is -2.17. The lowest BCUT2D eigenvalue weighted by atomic mass is 9.95. The van der Waals surface area contributed by atoms with Crippen LogP contribution in [0.2, 0.25) is 0 Å². The summed E-state index contributed by atoms with van der Waals surface area (Å²) < 4.78 is 5.57. The summed E-state index contributed by atoms with van der Waals surface area (Å²) in [5, 5.41) is 22.0. The summed E-state index contributed by atoms with van der Waals surface area (Å²) in [5.41, 5.74) is 4.53. The molecule has 1 saturated heterocycles. The van der Waals surface area contributed by atoms with Crippen molar-refractivity contribution in [1.82, 2.24) is 10.2 Å². The molecule has 0 saturated carbocycles. The van der Waals surface area contributed by atoms with Gasteiger partial charge in [-0.2, -0.15) is 0 Å². The van der Waals surface area contributed by atoms with Gasteiger partial charge in [0.25, 0.3) is 0 Å². The van der Waals surface area contributed by atoms with Gasteiger partial charge in [-0.1, -0.05) is 55.5 Å². The maximum atomic E-state index is 12.7. The summed E-state index contributed by atoms with van der Waals surface area (Å²) in [4.78, 5) is 38.0. The number of nitrogens with zero attached hydrogens (tertiary/aromatic N) is 1. The second kappa shape index (κ2) is 10.3. The Hall–Kier alpha value is -3.39. The molecule has 2 aliphatic rings. The highest BCUT2D eigenvalue weighted by Gasteiger charge is 2.34. The molecule has 8 heteroatoms. The number of aliphatic hydroxyl groups excluding tert-OH is 1. The first-order chi connectivity index (χ1) is 16.4. The number of alkyl carbamates (subject to hydrolysis) is 1. The minimum atomic E-state index is -1.03. The molecule has 8 nitrogen and oxygen atoms in total. The molecule has 1 aliphatic heterocycles. The van der Waals surface area contributed by atoms with Crippen LogP contribution in [0.3, 0.4) is 0 Å².